The highest BCUT2D eigenvalue weighted by Crippen LogP contribution is 2.46. The van der Waals surface area contributed by atoms with E-state index in [1.54, 1.807) is 12.4 Å². The van der Waals surface area contributed by atoms with Crippen LogP contribution in [0.4, 0.5) is 8.78 Å². The van der Waals surface area contributed by atoms with E-state index in [0.717, 1.165) is 12.0 Å². The summed E-state index contributed by atoms with van der Waals surface area (Å²) in [5.74, 6) is -2.36. The third-order valence-electron chi connectivity index (χ3n) is 2.64. The molecule has 0 aliphatic heterocycles. The summed E-state index contributed by atoms with van der Waals surface area (Å²) in [6.45, 7) is 5.49. The van der Waals surface area contributed by atoms with Crippen LogP contribution in [0.2, 0.25) is 0 Å². The van der Waals surface area contributed by atoms with Gasteiger partial charge in [0.2, 0.25) is 5.92 Å². The molecular weight excluding hydrogens is 196 g/mol. The van der Waals surface area contributed by atoms with E-state index in [9.17, 15) is 8.78 Å². The van der Waals surface area contributed by atoms with Gasteiger partial charge in [-0.15, -0.1) is 0 Å². The van der Waals surface area contributed by atoms with Crippen molar-refractivity contribution in [1.29, 1.82) is 0 Å². The second kappa shape index (κ2) is 5.10. The van der Waals surface area contributed by atoms with Crippen LogP contribution >= 0.6 is 0 Å². The molecule has 1 N–H and O–H groups in total. The monoisotopic (exact) mass is 213 g/mol. The largest absolute Gasteiger partial charge is 0.368 e. The Hall–Kier alpha value is -1.12. The van der Waals surface area contributed by atoms with E-state index in [0.29, 0.717) is 0 Å². The quantitative estimate of drug-likeness (QED) is 0.688. The molecule has 0 spiro atoms. The van der Waals surface area contributed by atoms with Crippen LogP contribution in [0, 0.1) is 5.92 Å². The summed E-state index contributed by atoms with van der Waals surface area (Å²) in [6.07, 6.45) is 7.89. The van der Waals surface area contributed by atoms with E-state index in [1.807, 2.05) is 19.1 Å². The van der Waals surface area contributed by atoms with Crippen LogP contribution in [-0.2, 0) is 0 Å². The van der Waals surface area contributed by atoms with Crippen molar-refractivity contribution in [1.82, 2.24) is 5.32 Å². The van der Waals surface area contributed by atoms with Gasteiger partial charge in [0.25, 0.3) is 0 Å². The van der Waals surface area contributed by atoms with E-state index in [2.05, 4.69) is 11.9 Å². The van der Waals surface area contributed by atoms with E-state index >= 15 is 0 Å². The fourth-order valence-corrected chi connectivity index (χ4v) is 1.76. The van der Waals surface area contributed by atoms with Crippen molar-refractivity contribution in [3.8, 4) is 0 Å². The fraction of sp³-hybridized carbons (Fsp3) is 0.500. The molecule has 0 radical (unpaired) electrons. The Kier molecular flexibility index (Phi) is 4.06. The molecule has 84 valence electrons. The third kappa shape index (κ3) is 3.50. The van der Waals surface area contributed by atoms with Crippen LogP contribution in [0.5, 0.6) is 0 Å². The van der Waals surface area contributed by atoms with Gasteiger partial charge in [0, 0.05) is 19.0 Å². The number of alkyl halides is 2. The second-order valence-corrected chi connectivity index (χ2v) is 3.79. The third-order valence-corrected chi connectivity index (χ3v) is 2.64. The minimum Gasteiger partial charge on any atom is -0.368 e. The highest BCUT2D eigenvalue weighted by Gasteiger charge is 2.45. The summed E-state index contributed by atoms with van der Waals surface area (Å²) < 4.78 is 25.3. The molecule has 0 amide bonds. The number of nitrogens with one attached hydrogen (secondary N) is 1. The van der Waals surface area contributed by atoms with Crippen LogP contribution < -0.4 is 5.32 Å². The molecule has 0 atom stereocenters. The molecule has 0 aromatic rings. The standard InChI is InChI=1S/C12H17F2N/c1-3-10(6-5-7-15-4-2)11-8-12(13,14)9-11/h4-7,11,15H,2-3,8-9H2,1H3/b7-5-,10-6-. The van der Waals surface area contributed by atoms with Crippen LogP contribution in [0.1, 0.15) is 26.2 Å². The molecule has 0 saturated heterocycles. The Labute approximate surface area is 89.6 Å². The van der Waals surface area contributed by atoms with Gasteiger partial charge in [0.05, 0.1) is 0 Å². The molecule has 0 heterocycles. The first-order valence-corrected chi connectivity index (χ1v) is 5.19. The van der Waals surface area contributed by atoms with Crippen LogP contribution in [0.3, 0.4) is 0 Å². The minimum atomic E-state index is -2.43. The zero-order chi connectivity index (χ0) is 11.3. The van der Waals surface area contributed by atoms with E-state index in [4.69, 9.17) is 0 Å². The predicted molar refractivity (Wildman–Crippen MR) is 58.5 cm³/mol. The van der Waals surface area contributed by atoms with Gasteiger partial charge in [-0.1, -0.05) is 25.2 Å². The molecule has 0 unspecified atom stereocenters. The lowest BCUT2D eigenvalue weighted by Gasteiger charge is -2.36. The van der Waals surface area contributed by atoms with Crippen molar-refractivity contribution < 1.29 is 8.78 Å². The van der Waals surface area contributed by atoms with Crippen LogP contribution in [0.15, 0.2) is 36.7 Å². The molecule has 3 heteroatoms. The summed E-state index contributed by atoms with van der Waals surface area (Å²) >= 11 is 0. The number of hydrogen-bond donors (Lipinski definition) is 1. The van der Waals surface area contributed by atoms with Gasteiger partial charge in [-0.25, -0.2) is 8.78 Å². The summed E-state index contributed by atoms with van der Waals surface area (Å²) in [4.78, 5) is 0. The summed E-state index contributed by atoms with van der Waals surface area (Å²) in [5.41, 5.74) is 1.10. The smallest absolute Gasteiger partial charge is 0.249 e. The number of halogens is 2. The predicted octanol–water partition coefficient (Wildman–Crippen LogP) is 3.61. The van der Waals surface area contributed by atoms with Gasteiger partial charge in [-0.3, -0.25) is 0 Å². The molecule has 1 rings (SSSR count). The first-order chi connectivity index (χ1) is 7.09. The van der Waals surface area contributed by atoms with Crippen molar-refractivity contribution in [3.63, 3.8) is 0 Å². The first kappa shape index (κ1) is 12.0. The number of allylic oxidation sites excluding steroid dienone is 3. The Bertz CT molecular complexity index is 271. The van der Waals surface area contributed by atoms with Gasteiger partial charge in [0.1, 0.15) is 0 Å². The average Bonchev–Trinajstić information content (AvgIpc) is 2.15. The molecule has 1 fully saturated rings. The Balaban J connectivity index is 2.46. The zero-order valence-electron chi connectivity index (χ0n) is 8.97. The zero-order valence-corrected chi connectivity index (χ0v) is 8.97. The summed E-state index contributed by atoms with van der Waals surface area (Å²) in [7, 11) is 0. The Morgan fingerprint density at radius 3 is 2.67 bits per heavy atom. The van der Waals surface area contributed by atoms with Crippen molar-refractivity contribution >= 4 is 0 Å². The highest BCUT2D eigenvalue weighted by molar-refractivity contribution is 5.18. The molecule has 1 aliphatic carbocycles. The Morgan fingerprint density at radius 1 is 1.53 bits per heavy atom. The molecule has 1 nitrogen and oxygen atoms in total. The van der Waals surface area contributed by atoms with Gasteiger partial charge in [0.15, 0.2) is 0 Å². The maximum atomic E-state index is 12.7. The normalized spacial score (nSPS) is 21.4. The summed E-state index contributed by atoms with van der Waals surface area (Å²) in [6, 6.07) is 0. The number of hydrogen-bond acceptors (Lipinski definition) is 1. The van der Waals surface area contributed by atoms with Crippen molar-refractivity contribution in [2.24, 2.45) is 5.92 Å². The maximum Gasteiger partial charge on any atom is 0.249 e. The lowest BCUT2D eigenvalue weighted by atomic mass is 9.75. The first-order valence-electron chi connectivity index (χ1n) is 5.19. The lowest BCUT2D eigenvalue weighted by molar-refractivity contribution is -0.0998. The topological polar surface area (TPSA) is 12.0 Å². The SMILES string of the molecule is C=CN/C=C\C=C(\CC)C1CC(F)(F)C1. The number of rotatable bonds is 5. The average molecular weight is 213 g/mol. The van der Waals surface area contributed by atoms with Crippen LogP contribution in [-0.4, -0.2) is 5.92 Å². The molecular formula is C12H17F2N. The molecule has 0 bridgehead atoms. The second-order valence-electron chi connectivity index (χ2n) is 3.79. The minimum absolute atomic E-state index is 0.00933. The van der Waals surface area contributed by atoms with Crippen LogP contribution in [0.25, 0.3) is 0 Å². The van der Waals surface area contributed by atoms with Gasteiger partial charge < -0.3 is 5.32 Å². The molecule has 15 heavy (non-hydrogen) atoms. The molecule has 1 aliphatic rings. The van der Waals surface area contributed by atoms with Crippen molar-refractivity contribution in [3.05, 3.63) is 36.7 Å². The maximum absolute atomic E-state index is 12.7. The van der Waals surface area contributed by atoms with E-state index < -0.39 is 5.92 Å². The highest BCUT2D eigenvalue weighted by atomic mass is 19.3. The molecule has 0 aromatic heterocycles. The van der Waals surface area contributed by atoms with Gasteiger partial charge in [-0.2, -0.15) is 0 Å². The Morgan fingerprint density at radius 2 is 2.20 bits per heavy atom. The lowest BCUT2D eigenvalue weighted by Crippen LogP contribution is -2.36. The van der Waals surface area contributed by atoms with E-state index in [1.165, 1.54) is 0 Å². The van der Waals surface area contributed by atoms with E-state index in [-0.39, 0.29) is 18.8 Å². The molecule has 1 saturated carbocycles. The van der Waals surface area contributed by atoms with Gasteiger partial charge in [-0.05, 0) is 24.6 Å². The van der Waals surface area contributed by atoms with Crippen molar-refractivity contribution in [2.75, 3.05) is 0 Å². The molecule has 0 aromatic carbocycles. The summed E-state index contributed by atoms with van der Waals surface area (Å²) in [5, 5.41) is 2.81. The fourth-order valence-electron chi connectivity index (χ4n) is 1.76. The van der Waals surface area contributed by atoms with Crippen molar-refractivity contribution in [2.45, 2.75) is 32.1 Å². The van der Waals surface area contributed by atoms with Gasteiger partial charge >= 0.3 is 0 Å².